The van der Waals surface area contributed by atoms with Gasteiger partial charge < -0.3 is 0 Å². The minimum Gasteiger partial charge on any atom is -0.245 e. The van der Waals surface area contributed by atoms with E-state index in [4.69, 9.17) is 0 Å². The summed E-state index contributed by atoms with van der Waals surface area (Å²) in [5, 5.41) is 0. The van der Waals surface area contributed by atoms with Gasteiger partial charge in [-0.15, -0.1) is 0 Å². The average Bonchev–Trinajstić information content (AvgIpc) is 2.47. The van der Waals surface area contributed by atoms with Crippen LogP contribution >= 0.6 is 0 Å². The molecule has 6 heteroatoms. The minimum atomic E-state index is -2.70. The lowest BCUT2D eigenvalue weighted by Gasteiger charge is -2.41. The molecule has 3 aliphatic carbocycles. The number of para-hydroxylation sites is 2. The van der Waals surface area contributed by atoms with E-state index in [2.05, 4.69) is 9.97 Å². The normalized spacial score (nSPS) is 31.8. The molecule has 0 saturated carbocycles. The summed E-state index contributed by atoms with van der Waals surface area (Å²) in [5.41, 5.74) is -5.64. The van der Waals surface area contributed by atoms with Gasteiger partial charge in [0, 0.05) is 0 Å². The molecule has 2 nitrogen and oxygen atoms in total. The van der Waals surface area contributed by atoms with E-state index in [1.165, 1.54) is 0 Å². The van der Waals surface area contributed by atoms with Crippen molar-refractivity contribution in [3.05, 3.63) is 47.3 Å². The van der Waals surface area contributed by atoms with E-state index < -0.39 is 47.2 Å². The van der Waals surface area contributed by atoms with Crippen molar-refractivity contribution >= 4 is 11.0 Å². The monoisotopic (exact) mass is 280 g/mol. The van der Waals surface area contributed by atoms with E-state index in [1.807, 2.05) is 0 Å². The van der Waals surface area contributed by atoms with E-state index in [9.17, 15) is 17.6 Å². The highest BCUT2D eigenvalue weighted by molar-refractivity contribution is 5.75. The number of hydrogen-bond acceptors (Lipinski definition) is 2. The second-order valence-electron chi connectivity index (χ2n) is 5.14. The highest BCUT2D eigenvalue weighted by atomic mass is 19.2. The summed E-state index contributed by atoms with van der Waals surface area (Å²) < 4.78 is 57.1. The van der Waals surface area contributed by atoms with Crippen LogP contribution in [0.15, 0.2) is 35.9 Å². The molecule has 2 aromatic rings. The lowest BCUT2D eigenvalue weighted by Crippen LogP contribution is -2.45. The molecule has 2 bridgehead atoms. The Hall–Kier alpha value is -1.98. The van der Waals surface area contributed by atoms with Gasteiger partial charge in [0.05, 0.1) is 11.0 Å². The predicted octanol–water partition coefficient (Wildman–Crippen LogP) is 3.92. The number of rotatable bonds is 0. The molecule has 0 spiro atoms. The van der Waals surface area contributed by atoms with Crippen molar-refractivity contribution in [3.8, 4) is 0 Å². The number of hydrogen-bond donors (Lipinski definition) is 0. The Balaban J connectivity index is 2.14. The molecule has 0 saturated heterocycles. The van der Waals surface area contributed by atoms with Crippen LogP contribution in [0.25, 0.3) is 11.0 Å². The molecule has 0 radical (unpaired) electrons. The molecule has 1 heterocycles. The first-order valence-corrected chi connectivity index (χ1v) is 6.18. The average molecular weight is 280 g/mol. The zero-order valence-corrected chi connectivity index (χ0v) is 10.1. The van der Waals surface area contributed by atoms with Crippen molar-refractivity contribution in [1.82, 2.24) is 9.97 Å². The summed E-state index contributed by atoms with van der Waals surface area (Å²) in [6.07, 6.45) is -0.939. The molecule has 1 aromatic carbocycles. The third-order valence-electron chi connectivity index (χ3n) is 4.02. The molecule has 0 N–H and O–H groups in total. The number of alkyl halides is 2. The fourth-order valence-electron chi connectivity index (χ4n) is 2.91. The van der Waals surface area contributed by atoms with Gasteiger partial charge in [-0.2, -0.15) is 0 Å². The highest BCUT2D eigenvalue weighted by Gasteiger charge is 2.62. The first kappa shape index (κ1) is 11.8. The first-order valence-electron chi connectivity index (χ1n) is 6.18. The van der Waals surface area contributed by atoms with Gasteiger partial charge in [0.2, 0.25) is 11.3 Å². The quantitative estimate of drug-likeness (QED) is 0.684. The highest BCUT2D eigenvalue weighted by Crippen LogP contribution is 2.60. The van der Waals surface area contributed by atoms with Gasteiger partial charge >= 0.3 is 0 Å². The number of halogens is 4. The molecule has 20 heavy (non-hydrogen) atoms. The van der Waals surface area contributed by atoms with Crippen LogP contribution in [0.3, 0.4) is 0 Å². The van der Waals surface area contributed by atoms with E-state index in [-0.39, 0.29) is 0 Å². The molecule has 3 aliphatic rings. The molecular formula is C14H8F4N2. The molecule has 2 atom stereocenters. The van der Waals surface area contributed by atoms with Crippen LogP contribution in [0, 0.1) is 0 Å². The minimum absolute atomic E-state index is 0.327. The fourth-order valence-corrected chi connectivity index (χ4v) is 2.91. The van der Waals surface area contributed by atoms with Gasteiger partial charge in [0.25, 0.3) is 0 Å². The zero-order valence-electron chi connectivity index (χ0n) is 10.1. The van der Waals surface area contributed by atoms with Crippen molar-refractivity contribution in [2.45, 2.75) is 24.2 Å². The predicted molar refractivity (Wildman–Crippen MR) is 63.6 cm³/mol. The molecule has 0 fully saturated rings. The SMILES string of the molecule is FC1=C(F)[C@@]2(F)CC[C@]1(F)c1nc3ccccc3nc12. The lowest BCUT2D eigenvalue weighted by atomic mass is 9.71. The van der Waals surface area contributed by atoms with E-state index in [0.717, 1.165) is 0 Å². The smallest absolute Gasteiger partial charge is 0.208 e. The summed E-state index contributed by atoms with van der Waals surface area (Å²) in [5.74, 6) is -3.41. The number of allylic oxidation sites excluding steroid dienone is 2. The van der Waals surface area contributed by atoms with Crippen LogP contribution in [0.4, 0.5) is 17.6 Å². The molecule has 1 aromatic heterocycles. The standard InChI is InChI=1S/C14H8F4N2/c15-9-10(16)14(18)6-5-13(9,17)11-12(14)20-8-4-2-1-3-7(8)19-11/h1-4H,5-6H2/t13-,14+. The van der Waals surface area contributed by atoms with Gasteiger partial charge in [0.15, 0.2) is 11.7 Å². The van der Waals surface area contributed by atoms with Crippen LogP contribution < -0.4 is 0 Å². The Morgan fingerprint density at radius 1 is 0.800 bits per heavy atom. The Morgan fingerprint density at radius 2 is 1.20 bits per heavy atom. The van der Waals surface area contributed by atoms with Crippen LogP contribution in [0.2, 0.25) is 0 Å². The Bertz CT molecular complexity index is 723. The Kier molecular flexibility index (Phi) is 1.99. The Labute approximate surface area is 111 Å². The van der Waals surface area contributed by atoms with E-state index in [0.29, 0.717) is 11.0 Å². The number of fused-ring (bicyclic) bond motifs is 2. The number of nitrogens with zero attached hydrogens (tertiary/aromatic N) is 2. The maximum atomic E-state index is 14.7. The zero-order chi connectivity index (χ0) is 14.1. The van der Waals surface area contributed by atoms with Crippen LogP contribution in [0.5, 0.6) is 0 Å². The summed E-state index contributed by atoms with van der Waals surface area (Å²) in [4.78, 5) is 7.96. The summed E-state index contributed by atoms with van der Waals surface area (Å²) >= 11 is 0. The molecule has 5 rings (SSSR count). The summed E-state index contributed by atoms with van der Waals surface area (Å²) in [7, 11) is 0. The maximum Gasteiger partial charge on any atom is 0.208 e. The van der Waals surface area contributed by atoms with Gasteiger partial charge in [-0.25, -0.2) is 27.5 Å². The lowest BCUT2D eigenvalue weighted by molar-refractivity contribution is 0.0208. The van der Waals surface area contributed by atoms with Crippen molar-refractivity contribution < 1.29 is 17.6 Å². The third-order valence-corrected chi connectivity index (χ3v) is 4.02. The van der Waals surface area contributed by atoms with Gasteiger partial charge in [0.1, 0.15) is 11.4 Å². The topological polar surface area (TPSA) is 25.8 Å². The summed E-state index contributed by atoms with van der Waals surface area (Å²) in [6, 6.07) is 6.45. The number of aromatic nitrogens is 2. The second kappa shape index (κ2) is 3.37. The van der Waals surface area contributed by atoms with Crippen molar-refractivity contribution in [1.29, 1.82) is 0 Å². The second-order valence-corrected chi connectivity index (χ2v) is 5.14. The van der Waals surface area contributed by atoms with Gasteiger partial charge in [-0.05, 0) is 25.0 Å². The van der Waals surface area contributed by atoms with Gasteiger partial charge in [-0.3, -0.25) is 0 Å². The molecule has 102 valence electrons. The number of benzene rings is 1. The molecule has 0 aliphatic heterocycles. The molecule has 0 unspecified atom stereocenters. The van der Waals surface area contributed by atoms with Crippen molar-refractivity contribution in [3.63, 3.8) is 0 Å². The first-order chi connectivity index (χ1) is 9.47. The fraction of sp³-hybridized carbons (Fsp3) is 0.286. The van der Waals surface area contributed by atoms with Crippen LogP contribution in [-0.4, -0.2) is 9.97 Å². The third kappa shape index (κ3) is 1.15. The Morgan fingerprint density at radius 3 is 1.60 bits per heavy atom. The molecule has 0 amide bonds. The van der Waals surface area contributed by atoms with Gasteiger partial charge in [-0.1, -0.05) is 12.1 Å². The van der Waals surface area contributed by atoms with Crippen molar-refractivity contribution in [2.75, 3.05) is 0 Å². The van der Waals surface area contributed by atoms with Crippen LogP contribution in [-0.2, 0) is 11.3 Å². The van der Waals surface area contributed by atoms with E-state index in [1.54, 1.807) is 24.3 Å². The largest absolute Gasteiger partial charge is 0.245 e. The van der Waals surface area contributed by atoms with Crippen molar-refractivity contribution in [2.24, 2.45) is 0 Å². The maximum absolute atomic E-state index is 14.7. The van der Waals surface area contributed by atoms with Crippen LogP contribution in [0.1, 0.15) is 24.2 Å². The molecular weight excluding hydrogens is 272 g/mol. The summed E-state index contributed by atoms with van der Waals surface area (Å²) in [6.45, 7) is 0. The van der Waals surface area contributed by atoms with E-state index >= 15 is 0 Å².